The zero-order valence-electron chi connectivity index (χ0n) is 13.6. The number of amides is 2. The number of pyridine rings is 1. The lowest BCUT2D eigenvalue weighted by Gasteiger charge is -2.18. The van der Waals surface area contributed by atoms with E-state index >= 15 is 0 Å². The van der Waals surface area contributed by atoms with Gasteiger partial charge in [0.15, 0.2) is 0 Å². The highest BCUT2D eigenvalue weighted by atomic mass is 16.5. The van der Waals surface area contributed by atoms with Crippen molar-refractivity contribution in [1.82, 2.24) is 20.1 Å². The summed E-state index contributed by atoms with van der Waals surface area (Å²) in [6, 6.07) is 8.68. The molecule has 1 aliphatic rings. The van der Waals surface area contributed by atoms with Gasteiger partial charge in [-0.1, -0.05) is 12.1 Å². The first-order chi connectivity index (χ1) is 12.1. The predicted octanol–water partition coefficient (Wildman–Crippen LogP) is 2.41. The molecule has 3 heterocycles. The second-order valence-corrected chi connectivity index (χ2v) is 6.00. The van der Waals surface area contributed by atoms with E-state index in [-0.39, 0.29) is 17.9 Å². The van der Waals surface area contributed by atoms with Crippen LogP contribution in [0.3, 0.4) is 0 Å². The zero-order chi connectivity index (χ0) is 17.4. The molecular weight excluding hydrogens is 320 g/mol. The number of benzene rings is 1. The Hall–Kier alpha value is -3.22. The smallest absolute Gasteiger partial charge is 0.261 e. The van der Waals surface area contributed by atoms with Crippen LogP contribution in [0, 0.1) is 0 Å². The predicted molar refractivity (Wildman–Crippen MR) is 90.4 cm³/mol. The number of carbonyl (C=O) groups excluding carboxylic acids is 2. The molecule has 4 rings (SSSR count). The van der Waals surface area contributed by atoms with Crippen LogP contribution in [0.25, 0.3) is 10.9 Å². The van der Waals surface area contributed by atoms with Crippen LogP contribution in [0.1, 0.15) is 34.1 Å². The van der Waals surface area contributed by atoms with Gasteiger partial charge in [0, 0.05) is 24.4 Å². The number of fused-ring (bicyclic) bond motifs is 2. The van der Waals surface area contributed by atoms with Gasteiger partial charge in [0.2, 0.25) is 5.88 Å². The average molecular weight is 336 g/mol. The van der Waals surface area contributed by atoms with E-state index in [9.17, 15) is 9.59 Å². The normalized spacial score (nSPS) is 14.8. The Labute approximate surface area is 143 Å². The maximum Gasteiger partial charge on any atom is 0.261 e. The molecular formula is C18H16N4O3. The summed E-state index contributed by atoms with van der Waals surface area (Å²) >= 11 is 0. The minimum Gasteiger partial charge on any atom is -0.475 e. The number of imide groups is 1. The molecule has 0 saturated carbocycles. The molecule has 0 spiro atoms. The molecule has 1 N–H and O–H groups in total. The van der Waals surface area contributed by atoms with Crippen LogP contribution >= 0.6 is 0 Å². The Kier molecular flexibility index (Phi) is 3.68. The number of aromatic amines is 1. The van der Waals surface area contributed by atoms with E-state index in [1.165, 1.54) is 4.90 Å². The van der Waals surface area contributed by atoms with Crippen LogP contribution in [-0.4, -0.2) is 44.5 Å². The number of H-pyrrole nitrogens is 1. The molecule has 3 aromatic rings. The number of rotatable bonds is 5. The number of carbonyl (C=O) groups is 2. The van der Waals surface area contributed by atoms with Crippen LogP contribution < -0.4 is 4.74 Å². The van der Waals surface area contributed by atoms with E-state index in [0.29, 0.717) is 30.0 Å². The van der Waals surface area contributed by atoms with E-state index < -0.39 is 0 Å². The lowest BCUT2D eigenvalue weighted by molar-refractivity contribution is 0.0633. The number of hydrogen-bond acceptors (Lipinski definition) is 5. The van der Waals surface area contributed by atoms with Gasteiger partial charge < -0.3 is 4.74 Å². The van der Waals surface area contributed by atoms with Gasteiger partial charge in [0.05, 0.1) is 35.1 Å². The van der Waals surface area contributed by atoms with Gasteiger partial charge >= 0.3 is 0 Å². The third kappa shape index (κ3) is 2.73. The molecule has 2 aromatic heterocycles. The van der Waals surface area contributed by atoms with E-state index in [2.05, 4.69) is 15.2 Å². The third-order valence-electron chi connectivity index (χ3n) is 4.26. The maximum absolute atomic E-state index is 12.3. The van der Waals surface area contributed by atoms with Gasteiger partial charge in [-0.2, -0.15) is 5.10 Å². The summed E-state index contributed by atoms with van der Waals surface area (Å²) < 4.78 is 5.80. The second kappa shape index (κ2) is 6.01. The van der Waals surface area contributed by atoms with Gasteiger partial charge in [0.25, 0.3) is 11.8 Å². The first-order valence-electron chi connectivity index (χ1n) is 8.04. The standard InChI is InChI=1S/C18H16N4O3/c1-11(25-16-8-12-9-20-21-15(12)10-19-16)6-7-22-17(23)13-4-2-3-5-14(13)18(22)24/h2-5,8-11H,6-7H2,1H3,(H,20,21)/t11-/m1/s1. The highest BCUT2D eigenvalue weighted by Gasteiger charge is 2.34. The van der Waals surface area contributed by atoms with Crippen molar-refractivity contribution >= 4 is 22.7 Å². The first-order valence-corrected chi connectivity index (χ1v) is 8.04. The van der Waals surface area contributed by atoms with Gasteiger partial charge in [-0.05, 0) is 19.1 Å². The summed E-state index contributed by atoms with van der Waals surface area (Å²) in [7, 11) is 0. The fourth-order valence-electron chi connectivity index (χ4n) is 2.90. The molecule has 7 nitrogen and oxygen atoms in total. The second-order valence-electron chi connectivity index (χ2n) is 6.00. The molecule has 0 unspecified atom stereocenters. The molecule has 1 aliphatic heterocycles. The number of nitrogens with one attached hydrogen (secondary N) is 1. The summed E-state index contributed by atoms with van der Waals surface area (Å²) in [4.78, 5) is 30.2. The molecule has 2 amide bonds. The Morgan fingerprint density at radius 2 is 1.88 bits per heavy atom. The van der Waals surface area contributed by atoms with Crippen molar-refractivity contribution in [1.29, 1.82) is 0 Å². The SMILES string of the molecule is C[C@H](CCN1C(=O)c2ccccc2C1=O)Oc1cc2cn[nH]c2cn1. The number of hydrogen-bond donors (Lipinski definition) is 1. The Morgan fingerprint density at radius 1 is 1.16 bits per heavy atom. The summed E-state index contributed by atoms with van der Waals surface area (Å²) in [5.41, 5.74) is 1.77. The number of aromatic nitrogens is 3. The quantitative estimate of drug-likeness (QED) is 0.723. The van der Waals surface area contributed by atoms with E-state index in [4.69, 9.17) is 4.74 Å². The van der Waals surface area contributed by atoms with Crippen molar-refractivity contribution in [3.63, 3.8) is 0 Å². The van der Waals surface area contributed by atoms with Crippen LogP contribution in [0.2, 0.25) is 0 Å². The molecule has 0 fully saturated rings. The fourth-order valence-corrected chi connectivity index (χ4v) is 2.90. The topological polar surface area (TPSA) is 88.2 Å². The Balaban J connectivity index is 1.40. The summed E-state index contributed by atoms with van der Waals surface area (Å²) in [5.74, 6) is 0.000226. The molecule has 7 heteroatoms. The fraction of sp³-hybridized carbons (Fsp3) is 0.222. The summed E-state index contributed by atoms with van der Waals surface area (Å²) in [5, 5.41) is 7.69. The van der Waals surface area contributed by atoms with Gasteiger partial charge in [0.1, 0.15) is 0 Å². The van der Waals surface area contributed by atoms with Crippen molar-refractivity contribution < 1.29 is 14.3 Å². The van der Waals surface area contributed by atoms with E-state index in [0.717, 1.165) is 10.9 Å². The van der Waals surface area contributed by atoms with Crippen molar-refractivity contribution in [2.24, 2.45) is 0 Å². The molecule has 0 saturated heterocycles. The largest absolute Gasteiger partial charge is 0.475 e. The molecule has 0 bridgehead atoms. The van der Waals surface area contributed by atoms with Gasteiger partial charge in [-0.15, -0.1) is 0 Å². The lowest BCUT2D eigenvalue weighted by Crippen LogP contribution is -2.33. The number of ether oxygens (including phenoxy) is 1. The van der Waals surface area contributed by atoms with Crippen molar-refractivity contribution in [3.05, 3.63) is 53.9 Å². The molecule has 25 heavy (non-hydrogen) atoms. The zero-order valence-corrected chi connectivity index (χ0v) is 13.6. The van der Waals surface area contributed by atoms with Crippen molar-refractivity contribution in [2.45, 2.75) is 19.4 Å². The average Bonchev–Trinajstić information content (AvgIpc) is 3.17. The molecule has 0 radical (unpaired) electrons. The Morgan fingerprint density at radius 3 is 2.60 bits per heavy atom. The third-order valence-corrected chi connectivity index (χ3v) is 4.26. The lowest BCUT2D eigenvalue weighted by atomic mass is 10.1. The molecule has 1 aromatic carbocycles. The highest BCUT2D eigenvalue weighted by molar-refractivity contribution is 6.21. The minimum absolute atomic E-state index is 0.193. The highest BCUT2D eigenvalue weighted by Crippen LogP contribution is 2.23. The van der Waals surface area contributed by atoms with Crippen molar-refractivity contribution in [2.75, 3.05) is 6.54 Å². The van der Waals surface area contributed by atoms with Crippen LogP contribution in [-0.2, 0) is 0 Å². The van der Waals surface area contributed by atoms with E-state index in [1.807, 2.05) is 6.92 Å². The van der Waals surface area contributed by atoms with Gasteiger partial charge in [-0.25, -0.2) is 4.98 Å². The Bertz CT molecular complexity index is 931. The molecule has 1 atom stereocenters. The van der Waals surface area contributed by atoms with Crippen LogP contribution in [0.5, 0.6) is 5.88 Å². The van der Waals surface area contributed by atoms with E-state index in [1.54, 1.807) is 42.7 Å². The minimum atomic E-state index is -0.245. The van der Waals surface area contributed by atoms with Crippen LogP contribution in [0.15, 0.2) is 42.7 Å². The maximum atomic E-state index is 12.3. The summed E-state index contributed by atoms with van der Waals surface area (Å²) in [6.07, 6.45) is 3.69. The van der Waals surface area contributed by atoms with Crippen LogP contribution in [0.4, 0.5) is 0 Å². The summed E-state index contributed by atoms with van der Waals surface area (Å²) in [6.45, 7) is 2.20. The number of nitrogens with zero attached hydrogens (tertiary/aromatic N) is 3. The molecule has 126 valence electrons. The van der Waals surface area contributed by atoms with Gasteiger partial charge in [-0.3, -0.25) is 19.6 Å². The monoisotopic (exact) mass is 336 g/mol. The van der Waals surface area contributed by atoms with Crippen molar-refractivity contribution in [3.8, 4) is 5.88 Å². The first kappa shape index (κ1) is 15.3. The molecule has 0 aliphatic carbocycles.